The van der Waals surface area contributed by atoms with Crippen molar-refractivity contribution < 1.29 is 39.2 Å². The van der Waals surface area contributed by atoms with E-state index in [2.05, 4.69) is 26.1 Å². The van der Waals surface area contributed by atoms with Gasteiger partial charge in [-0.3, -0.25) is 19.2 Å². The van der Waals surface area contributed by atoms with Crippen LogP contribution in [0, 0.1) is 12.3 Å². The molecule has 16 heteroatoms. The van der Waals surface area contributed by atoms with Crippen LogP contribution in [0.4, 0.5) is 0 Å². The van der Waals surface area contributed by atoms with Gasteiger partial charge >= 0.3 is 0 Å². The Morgan fingerprint density at radius 3 is 2.18 bits per heavy atom. The molecule has 384 valence electrons. The summed E-state index contributed by atoms with van der Waals surface area (Å²) in [6, 6.07) is 32.8. The van der Waals surface area contributed by atoms with Crippen LogP contribution in [0.5, 0.6) is 17.2 Å². The highest BCUT2D eigenvalue weighted by Gasteiger charge is 2.44. The second-order valence-corrected chi connectivity index (χ2v) is 21.7. The van der Waals surface area contributed by atoms with E-state index in [4.69, 9.17) is 4.74 Å². The van der Waals surface area contributed by atoms with E-state index in [-0.39, 0.29) is 54.6 Å². The average molecular weight is 1040 g/mol. The summed E-state index contributed by atoms with van der Waals surface area (Å²) < 4.78 is 6.87. The monoisotopic (exact) mass is 1030 g/mol. The Morgan fingerprint density at radius 2 is 1.49 bits per heavy atom. The van der Waals surface area contributed by atoms with Gasteiger partial charge in [0.1, 0.15) is 29.3 Å². The molecule has 8 rings (SSSR count). The van der Waals surface area contributed by atoms with Gasteiger partial charge in [-0.15, -0.1) is 22.7 Å². The fourth-order valence-corrected chi connectivity index (χ4v) is 11.1. The van der Waals surface area contributed by atoms with Crippen molar-refractivity contribution in [2.24, 2.45) is 10.5 Å². The Bertz CT molecular complexity index is 3110. The van der Waals surface area contributed by atoms with E-state index in [1.807, 2.05) is 119 Å². The van der Waals surface area contributed by atoms with Crippen molar-refractivity contribution >= 4 is 62.6 Å². The smallest absolute Gasteiger partial charge is 0.271 e. The molecule has 1 aliphatic heterocycles. The quantitative estimate of drug-likeness (QED) is 0.0259. The van der Waals surface area contributed by atoms with E-state index in [1.165, 1.54) is 4.90 Å². The number of benzene rings is 5. The molecule has 1 aliphatic rings. The number of hydrazone groups is 1. The van der Waals surface area contributed by atoms with Gasteiger partial charge in [0.15, 0.2) is 0 Å². The third kappa shape index (κ3) is 13.0. The number of rotatable bonds is 19. The zero-order valence-electron chi connectivity index (χ0n) is 42.1. The molecule has 0 aliphatic carbocycles. The third-order valence-corrected chi connectivity index (χ3v) is 15.3. The topological polar surface area (TPSA) is 203 Å². The van der Waals surface area contributed by atoms with Gasteiger partial charge in [0.25, 0.3) is 5.91 Å². The predicted molar refractivity (Wildman–Crippen MR) is 292 cm³/mol. The number of aromatic hydroxyl groups is 2. The van der Waals surface area contributed by atoms with Crippen molar-refractivity contribution in [1.29, 1.82) is 0 Å². The first-order valence-electron chi connectivity index (χ1n) is 24.8. The highest BCUT2D eigenvalue weighted by Crippen LogP contribution is 2.46. The molecule has 4 amide bonds. The highest BCUT2D eigenvalue weighted by molar-refractivity contribution is 7.23. The molecular weight excluding hydrogens is 973 g/mol. The number of amides is 4. The molecular formula is C58H62N6O8S2. The first-order valence-corrected chi connectivity index (χ1v) is 26.5. The van der Waals surface area contributed by atoms with Crippen LogP contribution in [0.3, 0.4) is 0 Å². The van der Waals surface area contributed by atoms with E-state index >= 15 is 0 Å². The largest absolute Gasteiger partial charge is 0.508 e. The molecule has 14 nitrogen and oxygen atoms in total. The highest BCUT2D eigenvalue weighted by atomic mass is 32.1. The molecule has 1 fully saturated rings. The lowest BCUT2D eigenvalue weighted by atomic mass is 9.85. The normalized spacial score (nSPS) is 15.5. The number of thiazole rings is 1. The van der Waals surface area contributed by atoms with Gasteiger partial charge in [0, 0.05) is 45.5 Å². The summed E-state index contributed by atoms with van der Waals surface area (Å²) in [5, 5.41) is 41.8. The van der Waals surface area contributed by atoms with E-state index < -0.39 is 29.5 Å². The number of carbonyl (C=O) groups excluding carboxylic acids is 4. The number of phenolic OH excluding ortho intramolecular Hbond substituents is 2. The fraction of sp³-hybridized carbons (Fsp3) is 0.310. The van der Waals surface area contributed by atoms with Crippen molar-refractivity contribution in [3.05, 3.63) is 143 Å². The van der Waals surface area contributed by atoms with Crippen LogP contribution in [-0.2, 0) is 14.4 Å². The maximum atomic E-state index is 14.1. The van der Waals surface area contributed by atoms with E-state index in [0.717, 1.165) is 78.2 Å². The Kier molecular flexibility index (Phi) is 16.9. The third-order valence-electron chi connectivity index (χ3n) is 13.1. The summed E-state index contributed by atoms with van der Waals surface area (Å²) in [5.74, 6) is -0.300. The number of phenols is 2. The van der Waals surface area contributed by atoms with Crippen LogP contribution in [0.15, 0.2) is 126 Å². The number of fused-ring (bicyclic) bond motifs is 1. The second kappa shape index (κ2) is 23.6. The summed E-state index contributed by atoms with van der Waals surface area (Å²) in [7, 11) is 0. The number of ether oxygens (including phenoxy) is 1. The van der Waals surface area contributed by atoms with Crippen LogP contribution in [0.25, 0.3) is 42.1 Å². The van der Waals surface area contributed by atoms with Crippen LogP contribution in [0.2, 0.25) is 0 Å². The number of aryl methyl sites for hydroxylation is 1. The Labute approximate surface area is 439 Å². The standard InChI is InChI=1S/C58H62N6O8S2/c1-35(38-13-17-40(18-14-38)52-36(2)59-34-73-52)61-56(70)48-30-45(67)33-64(48)57(71)54(58(3,4)5)62-50(68)10-8-6-7-9-29-72-46-26-11-37(12-27-46)32-60-63-55(69)42-19-15-39(16-20-42)51-47-28-25-44(66)31-49(47)74-53(51)41-21-23-43(65)24-22-41/h11-28,31-32,34-35,45,48,54,65-67H,6-10,29-30,33H2,1-5H3,(H,61,70)(H,62,68)(H,63,69). The van der Waals surface area contributed by atoms with Crippen molar-refractivity contribution in [1.82, 2.24) is 25.9 Å². The molecule has 5 aromatic carbocycles. The van der Waals surface area contributed by atoms with Crippen LogP contribution < -0.4 is 20.8 Å². The number of hydrogen-bond acceptors (Lipinski definition) is 12. The maximum absolute atomic E-state index is 14.1. The van der Waals surface area contributed by atoms with E-state index in [9.17, 15) is 34.5 Å². The number of likely N-dealkylation sites (tertiary alicyclic amines) is 1. The number of carbonyl (C=O) groups is 4. The molecule has 0 spiro atoms. The van der Waals surface area contributed by atoms with Gasteiger partial charge in [-0.05, 0) is 139 Å². The maximum Gasteiger partial charge on any atom is 0.271 e. The lowest BCUT2D eigenvalue weighted by molar-refractivity contribution is -0.144. The number of nitrogens with one attached hydrogen (secondary N) is 3. The molecule has 0 bridgehead atoms. The van der Waals surface area contributed by atoms with Gasteiger partial charge in [-0.1, -0.05) is 70.0 Å². The lowest BCUT2D eigenvalue weighted by Crippen LogP contribution is -2.57. The first kappa shape index (κ1) is 52.9. The van der Waals surface area contributed by atoms with E-state index in [0.29, 0.717) is 24.3 Å². The molecule has 1 saturated heterocycles. The molecule has 4 unspecified atom stereocenters. The minimum Gasteiger partial charge on any atom is -0.508 e. The Morgan fingerprint density at radius 1 is 0.824 bits per heavy atom. The van der Waals surface area contributed by atoms with Crippen LogP contribution in [-0.4, -0.2) is 86.4 Å². The van der Waals surface area contributed by atoms with Crippen molar-refractivity contribution in [3.8, 4) is 49.3 Å². The zero-order valence-corrected chi connectivity index (χ0v) is 43.8. The molecule has 0 radical (unpaired) electrons. The fourth-order valence-electron chi connectivity index (χ4n) is 9.04. The summed E-state index contributed by atoms with van der Waals surface area (Å²) >= 11 is 3.12. The number of β-amino-alcohol motifs (C(OH)–C–C–N with tert-alkyl or cyclic N) is 1. The van der Waals surface area contributed by atoms with Crippen molar-refractivity contribution in [2.45, 2.75) is 97.4 Å². The second-order valence-electron chi connectivity index (χ2n) is 19.8. The minimum absolute atomic E-state index is 0.00521. The number of nitrogens with zero attached hydrogens (tertiary/aromatic N) is 3. The summed E-state index contributed by atoms with van der Waals surface area (Å²) in [4.78, 5) is 61.9. The molecule has 0 saturated carbocycles. The zero-order chi connectivity index (χ0) is 52.5. The van der Waals surface area contributed by atoms with Crippen molar-refractivity contribution in [2.75, 3.05) is 13.2 Å². The van der Waals surface area contributed by atoms with Gasteiger partial charge in [-0.2, -0.15) is 5.10 Å². The lowest BCUT2D eigenvalue weighted by Gasteiger charge is -2.35. The predicted octanol–water partition coefficient (Wildman–Crippen LogP) is 10.5. The molecule has 2 aromatic heterocycles. The van der Waals surface area contributed by atoms with Crippen LogP contribution in [0.1, 0.15) is 99.4 Å². The average Bonchev–Trinajstić information content (AvgIpc) is 4.12. The minimum atomic E-state index is -0.893. The number of thiophene rings is 1. The van der Waals surface area contributed by atoms with E-state index in [1.54, 1.807) is 65.3 Å². The number of aromatic nitrogens is 1. The molecule has 4 atom stereocenters. The SMILES string of the molecule is Cc1ncsc1-c1ccc(C(C)NC(=O)C2CC(O)CN2C(=O)C(NC(=O)CCCCCCOc2ccc(C=NNC(=O)c3ccc(-c4c(-c5ccc(O)cc5)sc5cc(O)ccc45)cc3)cc2)C(C)(C)C)cc1. The summed E-state index contributed by atoms with van der Waals surface area (Å²) in [6.45, 7) is 9.98. The molecule has 3 heterocycles. The molecule has 6 N–H and O–H groups in total. The Balaban J connectivity index is 0.744. The summed E-state index contributed by atoms with van der Waals surface area (Å²) in [5.41, 5.74) is 10.7. The molecule has 7 aromatic rings. The number of unbranched alkanes of at least 4 members (excludes halogenated alkanes) is 3. The molecule has 74 heavy (non-hydrogen) atoms. The first-order chi connectivity index (χ1) is 35.5. The summed E-state index contributed by atoms with van der Waals surface area (Å²) in [6.07, 6.45) is 4.10. The number of hydrogen-bond donors (Lipinski definition) is 6. The van der Waals surface area contributed by atoms with Gasteiger partial charge in [0.05, 0.1) is 41.0 Å². The Hall–Kier alpha value is -7.40. The van der Waals surface area contributed by atoms with Crippen molar-refractivity contribution in [3.63, 3.8) is 0 Å². The van der Waals surface area contributed by atoms with Gasteiger partial charge in [-0.25, -0.2) is 10.4 Å². The van der Waals surface area contributed by atoms with Gasteiger partial charge < -0.3 is 35.6 Å². The van der Waals surface area contributed by atoms with Gasteiger partial charge in [0.2, 0.25) is 17.7 Å². The number of aliphatic hydroxyl groups is 1. The number of aliphatic hydroxyl groups excluding tert-OH is 1. The van der Waals surface area contributed by atoms with Crippen LogP contribution >= 0.6 is 22.7 Å².